The lowest BCUT2D eigenvalue weighted by molar-refractivity contribution is -0.138. The molecule has 1 amide bonds. The molecule has 2 aromatic rings. The van der Waals surface area contributed by atoms with Crippen LogP contribution in [-0.2, 0) is 24.4 Å². The standard InChI is InChI=1S/C19H23N3O2/c1-14-8-16-11-22(12-17(16)9-20-14)19(23)15-4-2-6-21(10-15)13-18-5-3-7-24-18/h3,5,7-9,15H,2,4,6,10-13H2,1H3. The Morgan fingerprint density at radius 2 is 2.25 bits per heavy atom. The highest BCUT2D eigenvalue weighted by atomic mass is 16.3. The molecule has 0 N–H and O–H groups in total. The van der Waals surface area contributed by atoms with Crippen LogP contribution in [0.3, 0.4) is 0 Å². The molecule has 2 aromatic heterocycles. The van der Waals surface area contributed by atoms with Gasteiger partial charge in [0, 0.05) is 31.5 Å². The van der Waals surface area contributed by atoms with E-state index in [0.29, 0.717) is 6.54 Å². The van der Waals surface area contributed by atoms with Gasteiger partial charge in [0.05, 0.1) is 18.7 Å². The van der Waals surface area contributed by atoms with Crippen LogP contribution in [0, 0.1) is 12.8 Å². The SMILES string of the molecule is Cc1cc2c(cn1)CN(C(=O)C1CCCN(Cc3ccco3)C1)C2. The number of carbonyl (C=O) groups excluding carboxylic acids is 1. The van der Waals surface area contributed by atoms with Gasteiger partial charge >= 0.3 is 0 Å². The lowest BCUT2D eigenvalue weighted by Crippen LogP contribution is -2.43. The Labute approximate surface area is 142 Å². The van der Waals surface area contributed by atoms with Gasteiger partial charge in [-0.1, -0.05) is 0 Å². The lowest BCUT2D eigenvalue weighted by Gasteiger charge is -2.33. The van der Waals surface area contributed by atoms with Gasteiger partial charge in [-0.15, -0.1) is 0 Å². The molecule has 0 saturated carbocycles. The molecule has 24 heavy (non-hydrogen) atoms. The second-order valence-electron chi connectivity index (χ2n) is 6.94. The van der Waals surface area contributed by atoms with E-state index in [9.17, 15) is 4.79 Å². The molecule has 1 atom stereocenters. The quantitative estimate of drug-likeness (QED) is 0.871. The van der Waals surface area contributed by atoms with Crippen LogP contribution in [0.5, 0.6) is 0 Å². The van der Waals surface area contributed by atoms with E-state index in [2.05, 4.69) is 16.0 Å². The summed E-state index contributed by atoms with van der Waals surface area (Å²) >= 11 is 0. The molecule has 0 bridgehead atoms. The van der Waals surface area contributed by atoms with Crippen molar-refractivity contribution >= 4 is 5.91 Å². The average molecular weight is 325 g/mol. The molecule has 0 spiro atoms. The van der Waals surface area contributed by atoms with Crippen molar-refractivity contribution in [3.05, 3.63) is 53.2 Å². The third-order valence-electron chi connectivity index (χ3n) is 5.07. The van der Waals surface area contributed by atoms with E-state index in [1.807, 2.05) is 30.2 Å². The first kappa shape index (κ1) is 15.4. The maximum Gasteiger partial charge on any atom is 0.227 e. The second kappa shape index (κ2) is 6.40. The van der Waals surface area contributed by atoms with E-state index < -0.39 is 0 Å². The molecule has 0 aliphatic carbocycles. The molecular formula is C19H23N3O2. The highest BCUT2D eigenvalue weighted by molar-refractivity contribution is 5.79. The predicted octanol–water partition coefficient (Wildman–Crippen LogP) is 2.74. The number of carbonyl (C=O) groups is 1. The van der Waals surface area contributed by atoms with Gasteiger partial charge in [0.2, 0.25) is 5.91 Å². The number of hydrogen-bond acceptors (Lipinski definition) is 4. The van der Waals surface area contributed by atoms with Crippen molar-refractivity contribution in [2.24, 2.45) is 5.92 Å². The van der Waals surface area contributed by atoms with Crippen LogP contribution >= 0.6 is 0 Å². The van der Waals surface area contributed by atoms with Crippen LogP contribution in [0.25, 0.3) is 0 Å². The lowest BCUT2D eigenvalue weighted by atomic mass is 9.96. The van der Waals surface area contributed by atoms with Crippen molar-refractivity contribution in [3.8, 4) is 0 Å². The van der Waals surface area contributed by atoms with Crippen molar-refractivity contribution < 1.29 is 9.21 Å². The Balaban J connectivity index is 1.39. The summed E-state index contributed by atoms with van der Waals surface area (Å²) in [6.45, 7) is 6.08. The number of pyridine rings is 1. The number of amides is 1. The van der Waals surface area contributed by atoms with E-state index in [1.165, 1.54) is 11.1 Å². The molecule has 5 nitrogen and oxygen atoms in total. The fourth-order valence-electron chi connectivity index (χ4n) is 3.84. The number of rotatable bonds is 3. The molecule has 1 unspecified atom stereocenters. The van der Waals surface area contributed by atoms with Crippen LogP contribution < -0.4 is 0 Å². The molecule has 5 heteroatoms. The number of hydrogen-bond donors (Lipinski definition) is 0. The van der Waals surface area contributed by atoms with Crippen molar-refractivity contribution in [2.45, 2.75) is 39.4 Å². The fraction of sp³-hybridized carbons (Fsp3) is 0.474. The van der Waals surface area contributed by atoms with E-state index in [-0.39, 0.29) is 11.8 Å². The summed E-state index contributed by atoms with van der Waals surface area (Å²) in [7, 11) is 0. The zero-order chi connectivity index (χ0) is 16.5. The molecule has 1 saturated heterocycles. The summed E-state index contributed by atoms with van der Waals surface area (Å²) in [5.74, 6) is 1.35. The second-order valence-corrected chi connectivity index (χ2v) is 6.94. The Hall–Kier alpha value is -2.14. The third kappa shape index (κ3) is 3.08. The van der Waals surface area contributed by atoms with Crippen molar-refractivity contribution in [2.75, 3.05) is 13.1 Å². The maximum absolute atomic E-state index is 13.0. The zero-order valence-corrected chi connectivity index (χ0v) is 14.1. The van der Waals surface area contributed by atoms with Crippen molar-refractivity contribution in [1.29, 1.82) is 0 Å². The van der Waals surface area contributed by atoms with Crippen molar-refractivity contribution in [3.63, 3.8) is 0 Å². The molecule has 4 heterocycles. The average Bonchev–Trinajstić information content (AvgIpc) is 3.23. The first-order chi connectivity index (χ1) is 11.7. The minimum absolute atomic E-state index is 0.0945. The first-order valence-corrected chi connectivity index (χ1v) is 8.67. The summed E-state index contributed by atoms with van der Waals surface area (Å²) < 4.78 is 5.44. The van der Waals surface area contributed by atoms with Crippen molar-refractivity contribution in [1.82, 2.24) is 14.8 Å². The minimum Gasteiger partial charge on any atom is -0.468 e. The Morgan fingerprint density at radius 3 is 3.08 bits per heavy atom. The Bertz CT molecular complexity index is 726. The van der Waals surface area contributed by atoms with Gasteiger partial charge in [0.25, 0.3) is 0 Å². The summed E-state index contributed by atoms with van der Waals surface area (Å²) in [4.78, 5) is 21.6. The van der Waals surface area contributed by atoms with Crippen LogP contribution in [0.15, 0.2) is 35.1 Å². The predicted molar refractivity (Wildman–Crippen MR) is 89.9 cm³/mol. The van der Waals surface area contributed by atoms with Crippen LogP contribution in [0.1, 0.15) is 35.4 Å². The smallest absolute Gasteiger partial charge is 0.227 e. The molecule has 2 aliphatic heterocycles. The molecule has 0 radical (unpaired) electrons. The van der Waals surface area contributed by atoms with Gasteiger partial charge in [-0.05, 0) is 55.6 Å². The molecule has 4 rings (SSSR count). The fourth-order valence-corrected chi connectivity index (χ4v) is 3.84. The molecule has 0 aromatic carbocycles. The normalized spacial score (nSPS) is 21.0. The molecule has 2 aliphatic rings. The number of aryl methyl sites for hydroxylation is 1. The Kier molecular flexibility index (Phi) is 4.10. The number of fused-ring (bicyclic) bond motifs is 1. The molecule has 1 fully saturated rings. The van der Waals surface area contributed by atoms with Gasteiger partial charge in [0.15, 0.2) is 0 Å². The summed E-state index contributed by atoms with van der Waals surface area (Å²) in [6, 6.07) is 6.02. The van der Waals surface area contributed by atoms with Crippen LogP contribution in [-0.4, -0.2) is 33.8 Å². The largest absolute Gasteiger partial charge is 0.468 e. The first-order valence-electron chi connectivity index (χ1n) is 8.67. The van der Waals surface area contributed by atoms with Gasteiger partial charge in [0.1, 0.15) is 5.76 Å². The van der Waals surface area contributed by atoms with Crippen LogP contribution in [0.4, 0.5) is 0 Å². The highest BCUT2D eigenvalue weighted by Gasteiger charge is 2.32. The van der Waals surface area contributed by atoms with Gasteiger partial charge in [-0.25, -0.2) is 0 Å². The summed E-state index contributed by atoms with van der Waals surface area (Å²) in [5, 5.41) is 0. The minimum atomic E-state index is 0.0945. The van der Waals surface area contributed by atoms with E-state index in [4.69, 9.17) is 4.42 Å². The number of furan rings is 1. The van der Waals surface area contributed by atoms with Gasteiger partial charge < -0.3 is 9.32 Å². The number of likely N-dealkylation sites (tertiary alicyclic amines) is 1. The molecular weight excluding hydrogens is 302 g/mol. The van der Waals surface area contributed by atoms with Crippen LogP contribution in [0.2, 0.25) is 0 Å². The van der Waals surface area contributed by atoms with E-state index >= 15 is 0 Å². The highest BCUT2D eigenvalue weighted by Crippen LogP contribution is 2.27. The Morgan fingerprint density at radius 1 is 1.38 bits per heavy atom. The van der Waals surface area contributed by atoms with E-state index in [1.54, 1.807) is 6.26 Å². The number of nitrogens with zero attached hydrogens (tertiary/aromatic N) is 3. The van der Waals surface area contributed by atoms with Gasteiger partial charge in [-0.3, -0.25) is 14.7 Å². The topological polar surface area (TPSA) is 49.6 Å². The number of piperidine rings is 1. The number of aromatic nitrogens is 1. The third-order valence-corrected chi connectivity index (χ3v) is 5.07. The summed E-state index contributed by atoms with van der Waals surface area (Å²) in [5.41, 5.74) is 3.46. The zero-order valence-electron chi connectivity index (χ0n) is 14.1. The molecule has 126 valence electrons. The monoisotopic (exact) mass is 325 g/mol. The van der Waals surface area contributed by atoms with E-state index in [0.717, 1.165) is 50.5 Å². The summed E-state index contributed by atoms with van der Waals surface area (Å²) in [6.07, 6.45) is 5.68. The van der Waals surface area contributed by atoms with Gasteiger partial charge in [-0.2, -0.15) is 0 Å². The maximum atomic E-state index is 13.0.